The lowest BCUT2D eigenvalue weighted by Gasteiger charge is -2.20. The monoisotopic (exact) mass is 652 g/mol. The molecule has 1 N–H and O–H groups in total. The van der Waals surface area contributed by atoms with E-state index in [0.29, 0.717) is 34.1 Å². The summed E-state index contributed by atoms with van der Waals surface area (Å²) >= 11 is 6.89. The van der Waals surface area contributed by atoms with E-state index in [2.05, 4.69) is 44.2 Å². The summed E-state index contributed by atoms with van der Waals surface area (Å²) in [5, 5.41) is 8.59. The summed E-state index contributed by atoms with van der Waals surface area (Å²) in [7, 11) is 0. The first-order chi connectivity index (χ1) is 21.6. The second-order valence-corrected chi connectivity index (χ2v) is 11.7. The normalized spacial score (nSPS) is 14.3. The van der Waals surface area contributed by atoms with Crippen molar-refractivity contribution >= 4 is 45.9 Å². The van der Waals surface area contributed by atoms with Gasteiger partial charge in [0, 0.05) is 12.1 Å². The molecule has 0 saturated carbocycles. The van der Waals surface area contributed by atoms with Crippen LogP contribution in [0.4, 0.5) is 18.9 Å². The number of ether oxygens (including phenoxy) is 1. The molecular weight excluding hydrogens is 622 g/mol. The molecule has 0 unspecified atom stereocenters. The number of thiocarbonyl (C=S) groups is 1. The number of amidine groups is 1. The summed E-state index contributed by atoms with van der Waals surface area (Å²) in [4.78, 5) is 23.4. The van der Waals surface area contributed by atoms with Crippen LogP contribution in [0.2, 0.25) is 0 Å². The molecule has 0 radical (unpaired) electrons. The van der Waals surface area contributed by atoms with Gasteiger partial charge in [-0.1, -0.05) is 61.5 Å². The van der Waals surface area contributed by atoms with E-state index in [1.54, 1.807) is 4.90 Å². The van der Waals surface area contributed by atoms with Crippen molar-refractivity contribution in [1.29, 1.82) is 0 Å². The molecule has 0 atom stereocenters. The number of aliphatic imine (C=N–C) groups is 1. The number of anilines is 1. The van der Waals surface area contributed by atoms with Crippen LogP contribution in [0.3, 0.4) is 0 Å². The largest absolute Gasteiger partial charge is 0.573 e. The first kappa shape index (κ1) is 32.2. The zero-order chi connectivity index (χ0) is 32.0. The minimum Gasteiger partial charge on any atom is -0.406 e. The maximum absolute atomic E-state index is 12.8. The van der Waals surface area contributed by atoms with E-state index in [1.807, 2.05) is 37.3 Å². The van der Waals surface area contributed by atoms with Crippen molar-refractivity contribution < 1.29 is 22.7 Å². The van der Waals surface area contributed by atoms with Crippen molar-refractivity contribution in [2.75, 3.05) is 17.2 Å². The van der Waals surface area contributed by atoms with E-state index in [9.17, 15) is 18.0 Å². The van der Waals surface area contributed by atoms with Crippen LogP contribution in [0.1, 0.15) is 36.5 Å². The van der Waals surface area contributed by atoms with E-state index >= 15 is 0 Å². The fourth-order valence-corrected chi connectivity index (χ4v) is 5.91. The number of hydrogen-bond donors (Lipinski definition) is 1. The van der Waals surface area contributed by atoms with Gasteiger partial charge >= 0.3 is 6.36 Å². The second kappa shape index (κ2) is 14.2. The molecule has 1 aliphatic rings. The highest BCUT2D eigenvalue weighted by Gasteiger charge is 2.32. The zero-order valence-electron chi connectivity index (χ0n) is 24.7. The highest BCUT2D eigenvalue weighted by molar-refractivity contribution is 8.15. The zero-order valence-corrected chi connectivity index (χ0v) is 26.3. The van der Waals surface area contributed by atoms with Crippen LogP contribution in [0, 0.1) is 6.92 Å². The molecule has 5 rings (SSSR count). The number of alkyl halides is 3. The highest BCUT2D eigenvalue weighted by Crippen LogP contribution is 2.31. The minimum atomic E-state index is -4.74. The Morgan fingerprint density at radius 1 is 1.09 bits per heavy atom. The summed E-state index contributed by atoms with van der Waals surface area (Å²) in [6, 6.07) is 19.5. The fourth-order valence-electron chi connectivity index (χ4n) is 4.80. The van der Waals surface area contributed by atoms with Crippen molar-refractivity contribution in [3.05, 3.63) is 89.7 Å². The molecular formula is C32H31F3N6O2S2. The molecule has 1 saturated heterocycles. The molecule has 4 aromatic rings. The van der Waals surface area contributed by atoms with Gasteiger partial charge < -0.3 is 10.1 Å². The molecule has 0 spiro atoms. The number of rotatable bonds is 10. The Kier molecular flexibility index (Phi) is 10.2. The minimum absolute atomic E-state index is 0.00327. The number of aryl methyl sites for hydroxylation is 3. The SMILES string of the molecule is CCCc1ccc(C)cc1N1C(=O)CSC1=NC(=S)NCCCc1ccc(-c2ncn(-c3ccc(OC(F)(F)F)cc3)n2)cc1. The molecule has 8 nitrogen and oxygen atoms in total. The highest BCUT2D eigenvalue weighted by atomic mass is 32.2. The molecule has 3 aromatic carbocycles. The van der Waals surface area contributed by atoms with Crippen molar-refractivity contribution in [2.24, 2.45) is 4.99 Å². The smallest absolute Gasteiger partial charge is 0.406 e. The molecule has 2 heterocycles. The van der Waals surface area contributed by atoms with Crippen molar-refractivity contribution in [3.8, 4) is 22.8 Å². The van der Waals surface area contributed by atoms with Gasteiger partial charge in [-0.25, -0.2) is 9.67 Å². The van der Waals surface area contributed by atoms with Gasteiger partial charge in [-0.2, -0.15) is 4.99 Å². The van der Waals surface area contributed by atoms with Crippen molar-refractivity contribution in [2.45, 2.75) is 45.9 Å². The molecule has 13 heteroatoms. The van der Waals surface area contributed by atoms with Gasteiger partial charge in [0.05, 0.1) is 17.1 Å². The first-order valence-corrected chi connectivity index (χ1v) is 15.8. The van der Waals surface area contributed by atoms with Crippen LogP contribution in [0.15, 0.2) is 78.0 Å². The number of thioether (sulfide) groups is 1. The molecule has 1 fully saturated rings. The lowest BCUT2D eigenvalue weighted by atomic mass is 10.0. The van der Waals surface area contributed by atoms with E-state index in [0.717, 1.165) is 53.6 Å². The Hall–Kier alpha value is -4.23. The first-order valence-electron chi connectivity index (χ1n) is 14.4. The Labute approximate surface area is 268 Å². The quantitative estimate of drug-likeness (QED) is 0.145. The van der Waals surface area contributed by atoms with Crippen LogP contribution in [0.5, 0.6) is 5.75 Å². The number of hydrogen-bond acceptors (Lipinski definition) is 6. The van der Waals surface area contributed by atoms with Gasteiger partial charge in [0.15, 0.2) is 16.1 Å². The average molecular weight is 653 g/mol. The Balaban J connectivity index is 1.13. The van der Waals surface area contributed by atoms with Crippen LogP contribution in [-0.4, -0.2) is 49.6 Å². The maximum atomic E-state index is 12.8. The van der Waals surface area contributed by atoms with Gasteiger partial charge in [0.1, 0.15) is 12.1 Å². The summed E-state index contributed by atoms with van der Waals surface area (Å²) in [6.45, 7) is 4.76. The van der Waals surface area contributed by atoms with Gasteiger partial charge in [-0.3, -0.25) is 9.69 Å². The third-order valence-corrected chi connectivity index (χ3v) is 8.08. The summed E-state index contributed by atoms with van der Waals surface area (Å²) in [6.07, 6.45) is 0.246. The van der Waals surface area contributed by atoms with E-state index in [4.69, 9.17) is 12.2 Å². The fraction of sp³-hybridized carbons (Fsp3) is 0.281. The van der Waals surface area contributed by atoms with Gasteiger partial charge in [0.25, 0.3) is 0 Å². The van der Waals surface area contributed by atoms with Crippen LogP contribution >= 0.6 is 24.0 Å². The van der Waals surface area contributed by atoms with Crippen molar-refractivity contribution in [1.82, 2.24) is 20.1 Å². The molecule has 1 amide bonds. The Bertz CT molecular complexity index is 1690. The number of aromatic nitrogens is 3. The molecule has 1 aliphatic heterocycles. The van der Waals surface area contributed by atoms with Crippen LogP contribution in [-0.2, 0) is 17.6 Å². The second-order valence-electron chi connectivity index (χ2n) is 10.4. The third-order valence-electron chi connectivity index (χ3n) is 6.92. The number of carbonyl (C=O) groups is 1. The van der Waals surface area contributed by atoms with Crippen LogP contribution < -0.4 is 15.0 Å². The third kappa shape index (κ3) is 8.49. The molecule has 0 bridgehead atoms. The molecule has 1 aromatic heterocycles. The summed E-state index contributed by atoms with van der Waals surface area (Å²) in [5.41, 5.74) is 5.58. The Morgan fingerprint density at radius 2 is 1.84 bits per heavy atom. The predicted octanol–water partition coefficient (Wildman–Crippen LogP) is 7.04. The van der Waals surface area contributed by atoms with Gasteiger partial charge in [-0.15, -0.1) is 18.3 Å². The number of nitrogens with one attached hydrogen (secondary N) is 1. The molecule has 234 valence electrons. The lowest BCUT2D eigenvalue weighted by molar-refractivity contribution is -0.274. The standard InChI is InChI=1S/C32H31F3N6O2S2/c1-3-5-23-10-7-21(2)18-27(23)41-28(42)19-45-31(41)38-30(44)36-17-4-6-22-8-11-24(12-9-22)29-37-20-40(39-29)25-13-15-26(16-14-25)43-32(33,34)35/h7-16,18,20H,3-6,17,19H2,1-2H3,(H,36,44). The molecule has 45 heavy (non-hydrogen) atoms. The van der Waals surface area contributed by atoms with Crippen molar-refractivity contribution in [3.63, 3.8) is 0 Å². The maximum Gasteiger partial charge on any atom is 0.573 e. The van der Waals surface area contributed by atoms with Gasteiger partial charge in [0.2, 0.25) is 5.91 Å². The summed E-state index contributed by atoms with van der Waals surface area (Å²) < 4.78 is 42.6. The number of amides is 1. The van der Waals surface area contributed by atoms with Gasteiger partial charge in [-0.05, 0) is 85.4 Å². The Morgan fingerprint density at radius 3 is 2.56 bits per heavy atom. The number of carbonyl (C=O) groups excluding carboxylic acids is 1. The van der Waals surface area contributed by atoms with E-state index in [-0.39, 0.29) is 11.7 Å². The molecule has 0 aliphatic carbocycles. The number of halogens is 3. The number of benzene rings is 3. The van der Waals surface area contributed by atoms with E-state index in [1.165, 1.54) is 47.0 Å². The van der Waals surface area contributed by atoms with Crippen LogP contribution in [0.25, 0.3) is 17.1 Å². The van der Waals surface area contributed by atoms with E-state index < -0.39 is 6.36 Å². The number of nitrogens with zero attached hydrogens (tertiary/aromatic N) is 5. The average Bonchev–Trinajstić information content (AvgIpc) is 3.63. The topological polar surface area (TPSA) is 84.6 Å². The lowest BCUT2D eigenvalue weighted by Crippen LogP contribution is -2.32. The predicted molar refractivity (Wildman–Crippen MR) is 175 cm³/mol. The summed E-state index contributed by atoms with van der Waals surface area (Å²) in [5.74, 6) is 0.528.